The summed E-state index contributed by atoms with van der Waals surface area (Å²) in [6, 6.07) is 0.325. The first kappa shape index (κ1) is 10.8. The zero-order valence-electron chi connectivity index (χ0n) is 8.83. The van der Waals surface area contributed by atoms with Gasteiger partial charge in [0.2, 0.25) is 0 Å². The second-order valence-corrected chi connectivity index (χ2v) is 5.19. The van der Waals surface area contributed by atoms with Crippen LogP contribution in [0.4, 0.5) is 5.82 Å². The third kappa shape index (κ3) is 2.66. The van der Waals surface area contributed by atoms with Crippen LogP contribution in [0.2, 0.25) is 0 Å². The number of nitrogens with zero attached hydrogens (tertiary/aromatic N) is 2. The lowest BCUT2D eigenvalue weighted by Gasteiger charge is -2.16. The van der Waals surface area contributed by atoms with E-state index in [1.54, 1.807) is 6.20 Å². The molecule has 0 spiro atoms. The van der Waals surface area contributed by atoms with Crippen LogP contribution in [0.5, 0.6) is 0 Å². The Morgan fingerprint density at radius 2 is 2.40 bits per heavy atom. The van der Waals surface area contributed by atoms with Crippen LogP contribution in [0.3, 0.4) is 0 Å². The number of hydrogen-bond acceptors (Lipinski definition) is 4. The summed E-state index contributed by atoms with van der Waals surface area (Å²) in [4.78, 5) is 8.08. The van der Waals surface area contributed by atoms with E-state index in [9.17, 15) is 0 Å². The lowest BCUT2D eigenvalue weighted by atomic mass is 10.0. The fourth-order valence-corrected chi connectivity index (χ4v) is 2.08. The van der Waals surface area contributed by atoms with Gasteiger partial charge in [0.25, 0.3) is 0 Å². The highest BCUT2D eigenvalue weighted by molar-refractivity contribution is 9.10. The molecule has 1 N–H and O–H groups in total. The van der Waals surface area contributed by atoms with E-state index in [4.69, 9.17) is 4.74 Å². The van der Waals surface area contributed by atoms with E-state index >= 15 is 0 Å². The van der Waals surface area contributed by atoms with Gasteiger partial charge in [0.1, 0.15) is 12.1 Å². The van der Waals surface area contributed by atoms with Crippen molar-refractivity contribution in [2.45, 2.75) is 31.9 Å². The summed E-state index contributed by atoms with van der Waals surface area (Å²) in [5.74, 6) is 0.830. The highest BCUT2D eigenvalue weighted by atomic mass is 79.9. The van der Waals surface area contributed by atoms with Crippen molar-refractivity contribution in [1.29, 1.82) is 0 Å². The Morgan fingerprint density at radius 1 is 1.60 bits per heavy atom. The third-order valence-electron chi connectivity index (χ3n) is 2.42. The maximum atomic E-state index is 5.64. The fourth-order valence-electron chi connectivity index (χ4n) is 1.74. The first-order valence-corrected chi connectivity index (χ1v) is 5.72. The zero-order valence-corrected chi connectivity index (χ0v) is 10.4. The lowest BCUT2D eigenvalue weighted by molar-refractivity contribution is 0.0363. The van der Waals surface area contributed by atoms with Crippen LogP contribution in [0.25, 0.3) is 0 Å². The van der Waals surface area contributed by atoms with Gasteiger partial charge in [-0.25, -0.2) is 9.97 Å². The lowest BCUT2D eigenvalue weighted by Crippen LogP contribution is -2.22. The number of aromatic nitrogens is 2. The molecule has 1 aromatic rings. The molecule has 1 aliphatic heterocycles. The molecule has 1 aliphatic rings. The van der Waals surface area contributed by atoms with Gasteiger partial charge < -0.3 is 10.1 Å². The minimum absolute atomic E-state index is 0.0306. The molecule has 1 aromatic heterocycles. The second-order valence-electron chi connectivity index (χ2n) is 4.34. The van der Waals surface area contributed by atoms with Crippen LogP contribution in [0.15, 0.2) is 17.0 Å². The molecule has 4 nitrogen and oxygen atoms in total. The summed E-state index contributed by atoms with van der Waals surface area (Å²) in [5.41, 5.74) is -0.0306. The SMILES string of the molecule is CC1(C)CC(Nc2ncncc2Br)CO1. The van der Waals surface area contributed by atoms with Gasteiger partial charge in [-0.15, -0.1) is 0 Å². The molecular formula is C10H14BrN3O. The largest absolute Gasteiger partial charge is 0.373 e. The molecule has 0 aromatic carbocycles. The third-order valence-corrected chi connectivity index (χ3v) is 3.00. The van der Waals surface area contributed by atoms with E-state index in [0.717, 1.165) is 23.3 Å². The fraction of sp³-hybridized carbons (Fsp3) is 0.600. The van der Waals surface area contributed by atoms with Gasteiger partial charge in [0.05, 0.1) is 22.7 Å². The van der Waals surface area contributed by atoms with Crippen LogP contribution in [0, 0.1) is 0 Å². The first-order chi connectivity index (χ1) is 7.07. The Balaban J connectivity index is 2.02. The van der Waals surface area contributed by atoms with Crippen LogP contribution >= 0.6 is 15.9 Å². The molecule has 0 amide bonds. The Kier molecular flexibility index (Phi) is 2.93. The Morgan fingerprint density at radius 3 is 3.00 bits per heavy atom. The standard InChI is InChI=1S/C10H14BrN3O/c1-10(2)3-7(5-15-10)14-9-8(11)4-12-6-13-9/h4,6-7H,3,5H2,1-2H3,(H,12,13,14). The molecule has 0 aliphatic carbocycles. The quantitative estimate of drug-likeness (QED) is 0.896. The molecule has 0 bridgehead atoms. The summed E-state index contributed by atoms with van der Waals surface area (Å²) < 4.78 is 6.53. The number of ether oxygens (including phenoxy) is 1. The van der Waals surface area contributed by atoms with Gasteiger partial charge in [0, 0.05) is 6.20 Å². The van der Waals surface area contributed by atoms with E-state index in [0.29, 0.717) is 6.04 Å². The molecule has 1 unspecified atom stereocenters. The summed E-state index contributed by atoms with van der Waals surface area (Å²) in [6.07, 6.45) is 4.26. The van der Waals surface area contributed by atoms with E-state index < -0.39 is 0 Å². The van der Waals surface area contributed by atoms with Crippen molar-refractivity contribution in [3.8, 4) is 0 Å². The summed E-state index contributed by atoms with van der Waals surface area (Å²) in [5, 5.41) is 3.34. The minimum Gasteiger partial charge on any atom is -0.373 e. The number of hydrogen-bond donors (Lipinski definition) is 1. The molecule has 82 valence electrons. The maximum Gasteiger partial charge on any atom is 0.144 e. The second kappa shape index (κ2) is 4.06. The number of halogens is 1. The summed E-state index contributed by atoms with van der Waals surface area (Å²) in [7, 11) is 0. The van der Waals surface area contributed by atoms with Crippen molar-refractivity contribution in [3.05, 3.63) is 17.0 Å². The molecule has 0 saturated carbocycles. The zero-order chi connectivity index (χ0) is 10.9. The van der Waals surface area contributed by atoms with Crippen molar-refractivity contribution in [3.63, 3.8) is 0 Å². The van der Waals surface area contributed by atoms with E-state index in [2.05, 4.69) is 45.1 Å². The molecule has 2 rings (SSSR count). The number of anilines is 1. The van der Waals surface area contributed by atoms with Crippen molar-refractivity contribution >= 4 is 21.7 Å². The van der Waals surface area contributed by atoms with E-state index in [1.165, 1.54) is 6.33 Å². The molecule has 5 heteroatoms. The van der Waals surface area contributed by atoms with E-state index in [-0.39, 0.29) is 5.60 Å². The van der Waals surface area contributed by atoms with Gasteiger partial charge in [-0.2, -0.15) is 0 Å². The summed E-state index contributed by atoms with van der Waals surface area (Å²) in [6.45, 7) is 4.93. The topological polar surface area (TPSA) is 47.0 Å². The smallest absolute Gasteiger partial charge is 0.144 e. The van der Waals surface area contributed by atoms with Gasteiger partial charge in [0.15, 0.2) is 0 Å². The molecule has 1 atom stereocenters. The van der Waals surface area contributed by atoms with Gasteiger partial charge >= 0.3 is 0 Å². The van der Waals surface area contributed by atoms with Crippen molar-refractivity contribution in [2.24, 2.45) is 0 Å². The Labute approximate surface area is 97.6 Å². The van der Waals surface area contributed by atoms with Crippen molar-refractivity contribution < 1.29 is 4.74 Å². The average Bonchev–Trinajstić information content (AvgIpc) is 2.50. The Hall–Kier alpha value is -0.680. The molecule has 0 radical (unpaired) electrons. The Bertz CT molecular complexity index is 356. The van der Waals surface area contributed by atoms with Crippen molar-refractivity contribution in [1.82, 2.24) is 9.97 Å². The molecule has 1 saturated heterocycles. The van der Waals surface area contributed by atoms with Gasteiger partial charge in [-0.05, 0) is 36.2 Å². The average molecular weight is 272 g/mol. The van der Waals surface area contributed by atoms with Crippen LogP contribution in [0.1, 0.15) is 20.3 Å². The molecular weight excluding hydrogens is 258 g/mol. The predicted octanol–water partition coefficient (Wildman–Crippen LogP) is 2.22. The number of rotatable bonds is 2. The van der Waals surface area contributed by atoms with Crippen LogP contribution < -0.4 is 5.32 Å². The van der Waals surface area contributed by atoms with Gasteiger partial charge in [-0.3, -0.25) is 0 Å². The molecule has 1 fully saturated rings. The van der Waals surface area contributed by atoms with Crippen LogP contribution in [-0.4, -0.2) is 28.2 Å². The van der Waals surface area contributed by atoms with Crippen molar-refractivity contribution in [2.75, 3.05) is 11.9 Å². The monoisotopic (exact) mass is 271 g/mol. The highest BCUT2D eigenvalue weighted by Crippen LogP contribution is 2.27. The number of nitrogens with one attached hydrogen (secondary N) is 1. The minimum atomic E-state index is -0.0306. The predicted molar refractivity (Wildman–Crippen MR) is 61.8 cm³/mol. The summed E-state index contributed by atoms with van der Waals surface area (Å²) >= 11 is 3.40. The van der Waals surface area contributed by atoms with Crippen LogP contribution in [-0.2, 0) is 4.74 Å². The maximum absolute atomic E-state index is 5.64. The van der Waals surface area contributed by atoms with E-state index in [1.807, 2.05) is 0 Å². The molecule has 2 heterocycles. The highest BCUT2D eigenvalue weighted by Gasteiger charge is 2.32. The van der Waals surface area contributed by atoms with Gasteiger partial charge in [-0.1, -0.05) is 0 Å². The first-order valence-electron chi connectivity index (χ1n) is 4.93. The normalized spacial score (nSPS) is 24.1. The molecule has 15 heavy (non-hydrogen) atoms.